The van der Waals surface area contributed by atoms with Crippen LogP contribution in [0.25, 0.3) is 16.7 Å². The van der Waals surface area contributed by atoms with Crippen LogP contribution in [0, 0.1) is 0 Å². The molecule has 0 aromatic heterocycles. The molecule has 0 aliphatic rings. The quantitative estimate of drug-likeness (QED) is 0.0270. The fourth-order valence-corrected chi connectivity index (χ4v) is 14.2. The Hall–Kier alpha value is -6.86. The van der Waals surface area contributed by atoms with Crippen LogP contribution in [0.2, 0.25) is 0 Å². The van der Waals surface area contributed by atoms with Gasteiger partial charge in [0, 0.05) is 58.5 Å². The minimum absolute atomic E-state index is 0.227. The fourth-order valence-electron chi connectivity index (χ4n) is 11.7. The lowest BCUT2D eigenvalue weighted by Gasteiger charge is -2.42. The predicted octanol–water partition coefficient (Wildman–Crippen LogP) is 14.1. The largest absolute Gasteiger partial charge is 0.537 e. The Morgan fingerprint density at radius 2 is 0.610 bits per heavy atom. The highest BCUT2D eigenvalue weighted by Crippen LogP contribution is 2.39. The lowest BCUT2D eigenvalue weighted by Crippen LogP contribution is -2.58. The van der Waals surface area contributed by atoms with Gasteiger partial charge in [-0.2, -0.15) is 0 Å². The van der Waals surface area contributed by atoms with E-state index in [1.54, 1.807) is 0 Å². The highest BCUT2D eigenvalue weighted by molar-refractivity contribution is 6.75. The van der Waals surface area contributed by atoms with Crippen molar-refractivity contribution >= 4 is 47.8 Å². The Bertz CT molecular complexity index is 2750. The van der Waals surface area contributed by atoms with Crippen molar-refractivity contribution < 1.29 is 13.3 Å². The van der Waals surface area contributed by atoms with Crippen LogP contribution in [0.5, 0.6) is 0 Å². The third-order valence-electron chi connectivity index (χ3n) is 17.0. The Morgan fingerprint density at radius 3 is 0.841 bits per heavy atom. The molecular weight excluding hydrogens is 1020 g/mol. The van der Waals surface area contributed by atoms with Gasteiger partial charge >= 0.3 is 8.80 Å². The molecule has 0 spiro atoms. The summed E-state index contributed by atoms with van der Waals surface area (Å²) in [6.07, 6.45) is 5.43. The number of benzene rings is 7. The smallest absolute Gasteiger partial charge is 0.383 e. The van der Waals surface area contributed by atoms with E-state index in [-0.39, 0.29) is 16.6 Å². The molecule has 0 saturated carbocycles. The third kappa shape index (κ3) is 15.4. The van der Waals surface area contributed by atoms with Crippen LogP contribution in [0.1, 0.15) is 73.4 Å². The minimum atomic E-state index is -3.53. The van der Waals surface area contributed by atoms with Gasteiger partial charge in [0.05, 0.1) is 19.8 Å². The molecule has 10 heteroatoms. The monoisotopic (exact) mass is 1120 g/mol. The summed E-state index contributed by atoms with van der Waals surface area (Å²) in [6.45, 7) is 23.5. The molecule has 432 valence electrons. The Balaban J connectivity index is 1.04. The van der Waals surface area contributed by atoms with E-state index in [2.05, 4.69) is 270 Å². The van der Waals surface area contributed by atoms with Crippen molar-refractivity contribution in [2.24, 2.45) is 0 Å². The molecule has 0 heterocycles. The average molecular weight is 1120 g/mol. The van der Waals surface area contributed by atoms with Gasteiger partial charge in [0.1, 0.15) is 0 Å². The Morgan fingerprint density at radius 1 is 0.366 bits per heavy atom. The van der Waals surface area contributed by atoms with Gasteiger partial charge in [-0.25, -0.2) is 0 Å². The van der Waals surface area contributed by atoms with Crippen LogP contribution in [0.3, 0.4) is 0 Å². The Kier molecular flexibility index (Phi) is 22.9. The van der Waals surface area contributed by atoms with E-state index in [1.165, 1.54) is 16.7 Å². The molecule has 0 fully saturated rings. The van der Waals surface area contributed by atoms with Crippen LogP contribution in [0.15, 0.2) is 214 Å². The van der Waals surface area contributed by atoms with Gasteiger partial charge in [-0.3, -0.25) is 14.7 Å². The molecule has 3 unspecified atom stereocenters. The first-order chi connectivity index (χ1) is 39.6. The number of nitrogens with zero attached hydrogens (tertiary/aromatic N) is 3. The van der Waals surface area contributed by atoms with E-state index in [4.69, 9.17) is 33.0 Å². The molecule has 3 atom stereocenters. The van der Waals surface area contributed by atoms with Gasteiger partial charge in [0.15, 0.2) is 0 Å². The molecule has 0 amide bonds. The second kappa shape index (κ2) is 29.9. The molecule has 0 aliphatic heterocycles. The molecule has 0 bridgehead atoms. The molecular formula is C72H92N6O3Si. The Labute approximate surface area is 494 Å². The average Bonchev–Trinajstić information content (AvgIpc) is 3.67. The molecule has 0 aliphatic carbocycles. The summed E-state index contributed by atoms with van der Waals surface area (Å²) in [7, 11) is 9.42. The van der Waals surface area contributed by atoms with E-state index in [1.807, 2.05) is 18.2 Å². The van der Waals surface area contributed by atoms with E-state index >= 15 is 0 Å². The van der Waals surface area contributed by atoms with Crippen LogP contribution in [0.4, 0.5) is 17.1 Å². The first kappa shape index (κ1) is 62.7. The lowest BCUT2D eigenvalue weighted by molar-refractivity contribution is 0.0823. The zero-order chi connectivity index (χ0) is 58.6. The van der Waals surface area contributed by atoms with Gasteiger partial charge in [-0.05, 0) is 167 Å². The SMILES string of the molecule is C=C(c1ccc(NCCO[Si](OCCNc2ccc(C(=C)C(CC)(Cc3ccccc3)N(C)C)cc2)(OCCNc2ccc(C(=C)C(CC)(Cc3ccccc3)N(C)C)cc2)c2ccccc2)cc1)C(CC)(Cc1ccccc1)N(C)C. The van der Waals surface area contributed by atoms with Gasteiger partial charge in [0.2, 0.25) is 0 Å². The topological polar surface area (TPSA) is 73.5 Å². The summed E-state index contributed by atoms with van der Waals surface area (Å²) in [4.78, 5) is 6.96. The van der Waals surface area contributed by atoms with Gasteiger partial charge in [-0.15, -0.1) is 0 Å². The summed E-state index contributed by atoms with van der Waals surface area (Å²) in [5.74, 6) is 0. The van der Waals surface area contributed by atoms with Crippen molar-refractivity contribution in [2.75, 3.05) is 97.7 Å². The minimum Gasteiger partial charge on any atom is -0.383 e. The number of anilines is 3. The first-order valence-electron chi connectivity index (χ1n) is 29.4. The third-order valence-corrected chi connectivity index (χ3v) is 19.8. The van der Waals surface area contributed by atoms with Crippen LogP contribution in [-0.4, -0.2) is 122 Å². The second-order valence-corrected chi connectivity index (χ2v) is 24.8. The standard InChI is InChI=1S/C72H92N6O3Si/c1-13-70(76(7)8,54-60-28-20-16-21-29-60)57(4)63-36-42-66(43-37-63)73-48-51-79-82(69-34-26-19-27-35-69,80-52-49-74-67-44-38-64(39-45-67)58(5)71(14-2,77(9)10)55-61-30-22-17-23-31-61)81-53-50-75-68-46-40-65(41-47-68)59(6)72(15-3,78(11)12)56-62-32-24-18-25-33-62/h16-47,73-75H,4-6,13-15,48-56H2,1-3,7-12H3. The lowest BCUT2D eigenvalue weighted by atomic mass is 9.78. The maximum atomic E-state index is 6.97. The van der Waals surface area contributed by atoms with E-state index < -0.39 is 8.80 Å². The summed E-state index contributed by atoms with van der Waals surface area (Å²) in [5.41, 5.74) is 12.9. The molecule has 82 heavy (non-hydrogen) atoms. The molecule has 7 rings (SSSR count). The van der Waals surface area contributed by atoms with Gasteiger partial charge in [0.25, 0.3) is 0 Å². The van der Waals surface area contributed by atoms with Crippen molar-refractivity contribution in [3.63, 3.8) is 0 Å². The predicted molar refractivity (Wildman–Crippen MR) is 352 cm³/mol. The maximum Gasteiger partial charge on any atom is 0.537 e. The normalized spacial score (nSPS) is 14.5. The van der Waals surface area contributed by atoms with E-state index in [9.17, 15) is 0 Å². The van der Waals surface area contributed by atoms with Gasteiger partial charge < -0.3 is 29.2 Å². The van der Waals surface area contributed by atoms with Crippen LogP contribution < -0.4 is 21.1 Å². The molecule has 7 aromatic carbocycles. The molecule has 7 aromatic rings. The summed E-state index contributed by atoms with van der Waals surface area (Å²) < 4.78 is 20.9. The molecule has 9 nitrogen and oxygen atoms in total. The van der Waals surface area contributed by atoms with Crippen molar-refractivity contribution in [1.82, 2.24) is 14.7 Å². The zero-order valence-electron chi connectivity index (χ0n) is 50.6. The number of nitrogens with one attached hydrogen (secondary N) is 3. The highest BCUT2D eigenvalue weighted by atomic mass is 28.4. The highest BCUT2D eigenvalue weighted by Gasteiger charge is 2.44. The number of rotatable bonds is 34. The van der Waals surface area contributed by atoms with E-state index in [0.717, 1.165) is 94.2 Å². The van der Waals surface area contributed by atoms with Crippen LogP contribution in [-0.2, 0) is 32.5 Å². The summed E-state index contributed by atoms with van der Waals surface area (Å²) >= 11 is 0. The molecule has 0 radical (unpaired) electrons. The first-order valence-corrected chi connectivity index (χ1v) is 31.1. The second-order valence-electron chi connectivity index (χ2n) is 22.2. The zero-order valence-corrected chi connectivity index (χ0v) is 51.6. The number of hydrogen-bond donors (Lipinski definition) is 3. The number of likely N-dealkylation sites (N-methyl/N-ethyl adjacent to an activating group) is 3. The van der Waals surface area contributed by atoms with E-state index in [0.29, 0.717) is 39.5 Å². The van der Waals surface area contributed by atoms with Crippen molar-refractivity contribution in [2.45, 2.75) is 75.9 Å². The van der Waals surface area contributed by atoms with Gasteiger partial charge in [-0.1, -0.05) is 198 Å². The summed E-state index contributed by atoms with van der Waals surface area (Å²) in [5, 5.41) is 11.8. The van der Waals surface area contributed by atoms with Crippen LogP contribution >= 0.6 is 0 Å². The van der Waals surface area contributed by atoms with Crippen molar-refractivity contribution in [3.8, 4) is 0 Å². The van der Waals surface area contributed by atoms with Crippen molar-refractivity contribution in [3.05, 3.63) is 247 Å². The summed E-state index contributed by atoms with van der Waals surface area (Å²) in [6, 6.07) is 68.2. The fraction of sp³-hybridized carbons (Fsp3) is 0.333. The molecule has 0 saturated heterocycles. The maximum absolute atomic E-state index is 6.97. The molecule has 3 N–H and O–H groups in total. The van der Waals surface area contributed by atoms with Crippen molar-refractivity contribution in [1.29, 1.82) is 0 Å². The number of hydrogen-bond acceptors (Lipinski definition) is 9.